The summed E-state index contributed by atoms with van der Waals surface area (Å²) in [6.07, 6.45) is 1.00. The molecule has 3 heteroatoms. The van der Waals surface area contributed by atoms with Gasteiger partial charge >= 0.3 is 0 Å². The minimum atomic E-state index is -0.487. The molecule has 1 unspecified atom stereocenters. The molecule has 0 aliphatic heterocycles. The summed E-state index contributed by atoms with van der Waals surface area (Å²) in [7, 11) is 0.444. The van der Waals surface area contributed by atoms with Gasteiger partial charge in [-0.2, -0.15) is 0 Å². The van der Waals surface area contributed by atoms with E-state index >= 15 is 0 Å². The lowest BCUT2D eigenvalue weighted by Crippen LogP contribution is -2.15. The first-order chi connectivity index (χ1) is 6.43. The molecular weight excluding hydrogens is 201 g/mol. The third kappa shape index (κ3) is 3.34. The van der Waals surface area contributed by atoms with Crippen LogP contribution in [0.1, 0.15) is 27.2 Å². The normalized spacial score (nSPS) is 12.6. The lowest BCUT2D eigenvalue weighted by atomic mass is 10.1. The van der Waals surface area contributed by atoms with Gasteiger partial charge in [-0.05, 0) is 29.0 Å². The summed E-state index contributed by atoms with van der Waals surface area (Å²) >= 11 is 0. The highest BCUT2D eigenvalue weighted by Gasteiger charge is 2.16. The van der Waals surface area contributed by atoms with Crippen molar-refractivity contribution in [3.63, 3.8) is 0 Å². The summed E-state index contributed by atoms with van der Waals surface area (Å²) in [5.74, 6) is -0.973. The number of rotatable bonds is 3. The Morgan fingerprint density at radius 1 is 1.14 bits per heavy atom. The summed E-state index contributed by atoms with van der Waals surface area (Å²) in [6.45, 7) is 6.30. The van der Waals surface area contributed by atoms with Gasteiger partial charge in [0.15, 0.2) is 0 Å². The highest BCUT2D eigenvalue weighted by Crippen LogP contribution is 2.33. The van der Waals surface area contributed by atoms with Crippen LogP contribution in [-0.4, -0.2) is 5.16 Å². The zero-order chi connectivity index (χ0) is 10.8. The van der Waals surface area contributed by atoms with Gasteiger partial charge in [-0.25, -0.2) is 8.78 Å². The Bertz CT molecular complexity index is 301. The van der Waals surface area contributed by atoms with Crippen LogP contribution >= 0.6 is 8.58 Å². The van der Waals surface area contributed by atoms with E-state index in [1.54, 1.807) is 0 Å². The maximum Gasteiger partial charge on any atom is 0.126 e. The van der Waals surface area contributed by atoms with Gasteiger partial charge in [0.2, 0.25) is 0 Å². The second kappa shape index (κ2) is 4.35. The molecule has 0 aromatic heterocycles. The third-order valence-electron chi connectivity index (χ3n) is 2.23. The molecule has 0 saturated carbocycles. The Kier molecular flexibility index (Phi) is 3.60. The fourth-order valence-corrected chi connectivity index (χ4v) is 2.48. The van der Waals surface area contributed by atoms with E-state index in [0.29, 0.717) is 8.58 Å². The average Bonchev–Trinajstić information content (AvgIpc) is 2.01. The lowest BCUT2D eigenvalue weighted by Gasteiger charge is -2.22. The third-order valence-corrected chi connectivity index (χ3v) is 3.84. The molecule has 0 amide bonds. The number of hydrogen-bond acceptors (Lipinski definition) is 0. The van der Waals surface area contributed by atoms with Crippen molar-refractivity contribution in [2.24, 2.45) is 0 Å². The van der Waals surface area contributed by atoms with E-state index in [-0.39, 0.29) is 5.16 Å². The quantitative estimate of drug-likeness (QED) is 0.679. The van der Waals surface area contributed by atoms with Crippen LogP contribution in [0.5, 0.6) is 0 Å². The first kappa shape index (κ1) is 11.6. The van der Waals surface area contributed by atoms with E-state index in [1.165, 1.54) is 12.1 Å². The highest BCUT2D eigenvalue weighted by atomic mass is 31.1. The molecule has 78 valence electrons. The van der Waals surface area contributed by atoms with Crippen LogP contribution in [0, 0.1) is 11.6 Å². The van der Waals surface area contributed by atoms with Gasteiger partial charge in [-0.1, -0.05) is 29.4 Å². The predicted octanol–water partition coefficient (Wildman–Crippen LogP) is 3.46. The van der Waals surface area contributed by atoms with Crippen LogP contribution in [0.4, 0.5) is 8.78 Å². The van der Waals surface area contributed by atoms with Crippen LogP contribution in [0.25, 0.3) is 0 Å². The van der Waals surface area contributed by atoms with Crippen molar-refractivity contribution in [2.45, 2.75) is 32.3 Å². The molecule has 0 fully saturated rings. The molecule has 0 saturated heterocycles. The molecule has 0 aliphatic carbocycles. The van der Waals surface area contributed by atoms with Crippen LogP contribution in [0.2, 0.25) is 0 Å². The smallest absolute Gasteiger partial charge is 0.126 e. The molecule has 0 aliphatic rings. The second-order valence-electron chi connectivity index (χ2n) is 4.02. The minimum Gasteiger partial charge on any atom is -0.207 e. The van der Waals surface area contributed by atoms with Crippen LogP contribution < -0.4 is 5.30 Å². The van der Waals surface area contributed by atoms with Gasteiger partial charge in [0.05, 0.1) is 0 Å². The van der Waals surface area contributed by atoms with Gasteiger partial charge in [0.25, 0.3) is 0 Å². The van der Waals surface area contributed by atoms with Crippen LogP contribution in [-0.2, 0) is 0 Å². The zero-order valence-electron chi connectivity index (χ0n) is 8.70. The molecule has 0 radical (unpaired) electrons. The molecule has 0 spiro atoms. The fraction of sp³-hybridized carbons (Fsp3) is 0.455. The SMILES string of the molecule is CCC(C)(C)Pc1cc(F)cc(F)c1. The Balaban J connectivity index is 2.87. The molecule has 0 bridgehead atoms. The second-order valence-corrected chi connectivity index (χ2v) is 6.20. The Morgan fingerprint density at radius 2 is 1.64 bits per heavy atom. The van der Waals surface area contributed by atoms with E-state index in [0.717, 1.165) is 17.8 Å². The standard InChI is InChI=1S/C11H15F2P/c1-4-11(2,3)14-10-6-8(12)5-9(13)7-10/h5-7,14H,4H2,1-3H3. The van der Waals surface area contributed by atoms with Gasteiger partial charge in [0.1, 0.15) is 11.6 Å². The van der Waals surface area contributed by atoms with E-state index in [9.17, 15) is 8.78 Å². The van der Waals surface area contributed by atoms with Gasteiger partial charge in [-0.15, -0.1) is 0 Å². The largest absolute Gasteiger partial charge is 0.207 e. The molecule has 0 heterocycles. The number of benzene rings is 1. The summed E-state index contributed by atoms with van der Waals surface area (Å²) in [6, 6.07) is 3.74. The van der Waals surface area contributed by atoms with Crippen LogP contribution in [0.3, 0.4) is 0 Å². The van der Waals surface area contributed by atoms with Gasteiger partial charge < -0.3 is 0 Å². The molecule has 1 aromatic carbocycles. The molecule has 1 aromatic rings. The van der Waals surface area contributed by atoms with Crippen molar-refractivity contribution in [1.29, 1.82) is 0 Å². The lowest BCUT2D eigenvalue weighted by molar-refractivity contribution is 0.585. The molecule has 0 N–H and O–H groups in total. The highest BCUT2D eigenvalue weighted by molar-refractivity contribution is 7.48. The van der Waals surface area contributed by atoms with Crippen molar-refractivity contribution in [1.82, 2.24) is 0 Å². The molecule has 1 rings (SSSR count). The Morgan fingerprint density at radius 3 is 2.07 bits per heavy atom. The van der Waals surface area contributed by atoms with Crippen molar-refractivity contribution < 1.29 is 8.78 Å². The Hall–Kier alpha value is -0.490. The predicted molar refractivity (Wildman–Crippen MR) is 58.7 cm³/mol. The molecular formula is C11H15F2P. The summed E-state index contributed by atoms with van der Waals surface area (Å²) in [5, 5.41) is 0.884. The number of halogens is 2. The number of hydrogen-bond donors (Lipinski definition) is 0. The van der Waals surface area contributed by atoms with Crippen molar-refractivity contribution >= 4 is 13.9 Å². The first-order valence-electron chi connectivity index (χ1n) is 4.67. The van der Waals surface area contributed by atoms with E-state index in [4.69, 9.17) is 0 Å². The Labute approximate surface area is 85.5 Å². The maximum absolute atomic E-state index is 12.9. The van der Waals surface area contributed by atoms with E-state index in [2.05, 4.69) is 20.8 Å². The van der Waals surface area contributed by atoms with Gasteiger partial charge in [-0.3, -0.25) is 0 Å². The van der Waals surface area contributed by atoms with E-state index in [1.807, 2.05) is 0 Å². The summed E-state index contributed by atoms with van der Waals surface area (Å²) in [4.78, 5) is 0. The summed E-state index contributed by atoms with van der Waals surface area (Å²) < 4.78 is 25.7. The zero-order valence-corrected chi connectivity index (χ0v) is 9.70. The van der Waals surface area contributed by atoms with Crippen molar-refractivity contribution in [3.8, 4) is 0 Å². The van der Waals surface area contributed by atoms with E-state index < -0.39 is 11.6 Å². The monoisotopic (exact) mass is 216 g/mol. The minimum absolute atomic E-state index is 0.125. The average molecular weight is 216 g/mol. The molecule has 0 nitrogen and oxygen atoms in total. The van der Waals surface area contributed by atoms with Gasteiger partial charge in [0, 0.05) is 6.07 Å². The first-order valence-corrected chi connectivity index (χ1v) is 5.67. The fourth-order valence-electron chi connectivity index (χ4n) is 1.11. The summed E-state index contributed by atoms with van der Waals surface area (Å²) in [5.41, 5.74) is 0. The maximum atomic E-state index is 12.9. The van der Waals surface area contributed by atoms with Crippen molar-refractivity contribution in [3.05, 3.63) is 29.8 Å². The molecule has 1 atom stereocenters. The topological polar surface area (TPSA) is 0 Å². The van der Waals surface area contributed by atoms with Crippen molar-refractivity contribution in [2.75, 3.05) is 0 Å². The molecule has 14 heavy (non-hydrogen) atoms. The van der Waals surface area contributed by atoms with Crippen LogP contribution in [0.15, 0.2) is 18.2 Å².